The number of hydrogen-bond acceptors (Lipinski definition) is 3. The molecule has 1 aliphatic heterocycles. The molecule has 1 aromatic heterocycles. The average molecular weight is 419 g/mol. The Kier molecular flexibility index (Phi) is 5.64. The molecule has 2 heterocycles. The summed E-state index contributed by atoms with van der Waals surface area (Å²) in [6, 6.07) is 5.91. The van der Waals surface area contributed by atoms with Crippen molar-refractivity contribution in [1.29, 1.82) is 0 Å². The second-order valence-electron chi connectivity index (χ2n) is 5.84. The molecule has 0 bridgehead atoms. The molecule has 3 rings (SSSR count). The summed E-state index contributed by atoms with van der Waals surface area (Å²) < 4.78 is 0. The van der Waals surface area contributed by atoms with Crippen molar-refractivity contribution in [2.45, 2.75) is 19.8 Å². The van der Waals surface area contributed by atoms with Crippen LogP contribution in [0.4, 0.5) is 11.4 Å². The Morgan fingerprint density at radius 2 is 1.76 bits per heavy atom. The van der Waals surface area contributed by atoms with E-state index in [9.17, 15) is 4.79 Å². The molecule has 4 nitrogen and oxygen atoms in total. The van der Waals surface area contributed by atoms with Crippen LogP contribution in [0.15, 0.2) is 18.2 Å². The molecule has 25 heavy (non-hydrogen) atoms. The first kappa shape index (κ1) is 18.6. The molecule has 8 heteroatoms. The van der Waals surface area contributed by atoms with Crippen LogP contribution in [0.3, 0.4) is 0 Å². The van der Waals surface area contributed by atoms with E-state index in [0.717, 1.165) is 24.3 Å². The van der Waals surface area contributed by atoms with Crippen molar-refractivity contribution in [3.05, 3.63) is 49.7 Å². The molecule has 2 aromatic rings. The summed E-state index contributed by atoms with van der Waals surface area (Å²) >= 11 is 23.8. The number of carbonyl (C=O) groups is 1. The largest absolute Gasteiger partial charge is 0.372 e. The van der Waals surface area contributed by atoms with Crippen LogP contribution in [0, 0.1) is 6.92 Å². The minimum Gasteiger partial charge on any atom is -0.372 e. The normalized spacial score (nSPS) is 14.0. The van der Waals surface area contributed by atoms with Gasteiger partial charge in [-0.15, -0.1) is 0 Å². The van der Waals surface area contributed by atoms with E-state index in [4.69, 9.17) is 46.4 Å². The molecule has 0 spiro atoms. The topological polar surface area (TPSA) is 45.2 Å². The van der Waals surface area contributed by atoms with Gasteiger partial charge in [0.15, 0.2) is 0 Å². The lowest BCUT2D eigenvalue weighted by molar-refractivity contribution is 0.102. The van der Waals surface area contributed by atoms with Crippen LogP contribution in [0.5, 0.6) is 0 Å². The molecule has 132 valence electrons. The third-order valence-electron chi connectivity index (χ3n) is 4.13. The van der Waals surface area contributed by atoms with Gasteiger partial charge in [0.2, 0.25) is 0 Å². The number of halogens is 4. The van der Waals surface area contributed by atoms with E-state index in [2.05, 4.69) is 21.3 Å². The standard InChI is InChI=1S/C17H15Cl4N3O/c1-9-8-10(24-6-2-3-7-24)4-5-11(9)22-17(25)15-13(19)12(18)14(20)16(21)23-15/h4-5,8H,2-3,6-7H2,1H3,(H,22,25). The molecular weight excluding hydrogens is 404 g/mol. The van der Waals surface area contributed by atoms with Gasteiger partial charge in [0.25, 0.3) is 5.91 Å². The average Bonchev–Trinajstić information content (AvgIpc) is 3.12. The first-order valence-corrected chi connectivity index (χ1v) is 9.26. The van der Waals surface area contributed by atoms with E-state index in [1.807, 2.05) is 19.1 Å². The quantitative estimate of drug-likeness (QED) is 0.635. The number of nitrogens with zero attached hydrogens (tertiary/aromatic N) is 2. The van der Waals surface area contributed by atoms with E-state index in [-0.39, 0.29) is 25.9 Å². The Hall–Kier alpha value is -1.20. The predicted molar refractivity (Wildman–Crippen MR) is 105 cm³/mol. The van der Waals surface area contributed by atoms with E-state index < -0.39 is 5.91 Å². The van der Waals surface area contributed by atoms with Crippen LogP contribution in [0.2, 0.25) is 20.2 Å². The number of aromatic nitrogens is 1. The molecule has 1 aromatic carbocycles. The summed E-state index contributed by atoms with van der Waals surface area (Å²) in [6.07, 6.45) is 2.42. The van der Waals surface area contributed by atoms with Gasteiger partial charge in [-0.05, 0) is 43.5 Å². The number of rotatable bonds is 3. The van der Waals surface area contributed by atoms with Crippen molar-refractivity contribution in [2.24, 2.45) is 0 Å². The Morgan fingerprint density at radius 3 is 2.40 bits per heavy atom. The van der Waals surface area contributed by atoms with Crippen LogP contribution >= 0.6 is 46.4 Å². The van der Waals surface area contributed by atoms with Gasteiger partial charge in [0.1, 0.15) is 10.8 Å². The van der Waals surface area contributed by atoms with E-state index >= 15 is 0 Å². The lowest BCUT2D eigenvalue weighted by Gasteiger charge is -2.19. The summed E-state index contributed by atoms with van der Waals surface area (Å²) in [7, 11) is 0. The molecule has 1 fully saturated rings. The summed E-state index contributed by atoms with van der Waals surface area (Å²) in [5.41, 5.74) is 2.71. The Balaban J connectivity index is 1.84. The molecule has 1 amide bonds. The zero-order valence-corrected chi connectivity index (χ0v) is 16.4. The van der Waals surface area contributed by atoms with Crippen molar-refractivity contribution in [3.8, 4) is 0 Å². The van der Waals surface area contributed by atoms with Crippen LogP contribution in [-0.4, -0.2) is 24.0 Å². The van der Waals surface area contributed by atoms with Gasteiger partial charge >= 0.3 is 0 Å². The highest BCUT2D eigenvalue weighted by Crippen LogP contribution is 2.36. The monoisotopic (exact) mass is 417 g/mol. The number of amides is 1. The first-order valence-electron chi connectivity index (χ1n) is 7.75. The smallest absolute Gasteiger partial charge is 0.275 e. The third kappa shape index (κ3) is 3.82. The van der Waals surface area contributed by atoms with E-state index in [1.54, 1.807) is 0 Å². The van der Waals surface area contributed by atoms with Gasteiger partial charge < -0.3 is 10.2 Å². The molecule has 0 saturated carbocycles. The van der Waals surface area contributed by atoms with E-state index in [1.165, 1.54) is 12.8 Å². The zero-order valence-electron chi connectivity index (χ0n) is 13.4. The van der Waals surface area contributed by atoms with Crippen LogP contribution in [0.25, 0.3) is 0 Å². The summed E-state index contributed by atoms with van der Waals surface area (Å²) in [4.78, 5) is 18.8. The van der Waals surface area contributed by atoms with Gasteiger partial charge in [-0.1, -0.05) is 46.4 Å². The first-order chi connectivity index (χ1) is 11.9. The van der Waals surface area contributed by atoms with Gasteiger partial charge in [0, 0.05) is 24.5 Å². The SMILES string of the molecule is Cc1cc(N2CCCC2)ccc1NC(=O)c1nc(Cl)c(Cl)c(Cl)c1Cl. The Labute approximate surface area is 166 Å². The van der Waals surface area contributed by atoms with Gasteiger partial charge in [-0.2, -0.15) is 0 Å². The van der Waals surface area contributed by atoms with Crippen molar-refractivity contribution >= 4 is 63.7 Å². The Morgan fingerprint density at radius 1 is 1.08 bits per heavy atom. The number of anilines is 2. The summed E-state index contributed by atoms with van der Waals surface area (Å²) in [5.74, 6) is -0.498. The van der Waals surface area contributed by atoms with Crippen molar-refractivity contribution in [1.82, 2.24) is 4.98 Å². The zero-order chi connectivity index (χ0) is 18.1. The number of carbonyl (C=O) groups excluding carboxylic acids is 1. The maximum Gasteiger partial charge on any atom is 0.275 e. The van der Waals surface area contributed by atoms with Crippen molar-refractivity contribution in [3.63, 3.8) is 0 Å². The Bertz CT molecular complexity index is 835. The van der Waals surface area contributed by atoms with Gasteiger partial charge in [0.05, 0.1) is 15.1 Å². The number of aryl methyl sites for hydroxylation is 1. The molecule has 0 aliphatic carbocycles. The second-order valence-corrected chi connectivity index (χ2v) is 7.33. The predicted octanol–water partition coefficient (Wildman–Crippen LogP) is 5.86. The number of nitrogens with one attached hydrogen (secondary N) is 1. The lowest BCUT2D eigenvalue weighted by Crippen LogP contribution is -2.18. The molecule has 0 radical (unpaired) electrons. The van der Waals surface area contributed by atoms with Crippen molar-refractivity contribution in [2.75, 3.05) is 23.3 Å². The fraction of sp³-hybridized carbons (Fsp3) is 0.294. The lowest BCUT2D eigenvalue weighted by atomic mass is 10.1. The molecule has 1 aliphatic rings. The highest BCUT2D eigenvalue weighted by molar-refractivity contribution is 6.52. The fourth-order valence-corrected chi connectivity index (χ4v) is 3.59. The van der Waals surface area contributed by atoms with Gasteiger partial charge in [-0.25, -0.2) is 4.98 Å². The third-order valence-corrected chi connectivity index (χ3v) is 5.81. The number of hydrogen-bond donors (Lipinski definition) is 1. The molecular formula is C17H15Cl4N3O. The minimum absolute atomic E-state index is 0.00888. The van der Waals surface area contributed by atoms with E-state index in [0.29, 0.717) is 5.69 Å². The van der Waals surface area contributed by atoms with Crippen LogP contribution in [-0.2, 0) is 0 Å². The fourth-order valence-electron chi connectivity index (χ4n) is 2.78. The number of pyridine rings is 1. The molecule has 1 saturated heterocycles. The molecule has 0 unspecified atom stereocenters. The summed E-state index contributed by atoms with van der Waals surface area (Å²) in [6.45, 7) is 4.06. The summed E-state index contributed by atoms with van der Waals surface area (Å²) in [5, 5.41) is 2.73. The molecule has 1 N–H and O–H groups in total. The second kappa shape index (κ2) is 7.58. The highest BCUT2D eigenvalue weighted by atomic mass is 35.5. The van der Waals surface area contributed by atoms with Crippen LogP contribution < -0.4 is 10.2 Å². The van der Waals surface area contributed by atoms with Crippen LogP contribution in [0.1, 0.15) is 28.9 Å². The van der Waals surface area contributed by atoms with Crippen molar-refractivity contribution < 1.29 is 4.79 Å². The highest BCUT2D eigenvalue weighted by Gasteiger charge is 2.21. The molecule has 0 atom stereocenters. The minimum atomic E-state index is -0.498. The van der Waals surface area contributed by atoms with Gasteiger partial charge in [-0.3, -0.25) is 4.79 Å². The maximum atomic E-state index is 12.5. The maximum absolute atomic E-state index is 12.5. The number of benzene rings is 1.